The van der Waals surface area contributed by atoms with Gasteiger partial charge in [-0.15, -0.1) is 0 Å². The third kappa shape index (κ3) is 4.64. The van der Waals surface area contributed by atoms with E-state index in [1.807, 2.05) is 26.0 Å². The molecule has 2 aromatic heterocycles. The number of nitrogens with zero attached hydrogens (tertiary/aromatic N) is 4. The van der Waals surface area contributed by atoms with Gasteiger partial charge in [-0.3, -0.25) is 0 Å². The number of halogens is 3. The molecule has 1 aromatic carbocycles. The summed E-state index contributed by atoms with van der Waals surface area (Å²) in [6, 6.07) is 8.16. The molecule has 0 saturated heterocycles. The van der Waals surface area contributed by atoms with Crippen molar-refractivity contribution >= 4 is 40.1 Å². The van der Waals surface area contributed by atoms with Gasteiger partial charge in [0.05, 0.1) is 22.8 Å². The minimum atomic E-state index is -2.70. The highest BCUT2D eigenvalue weighted by molar-refractivity contribution is 6.29. The molecule has 33 heavy (non-hydrogen) atoms. The standard InChI is InChI=1S/C22H19ClF2N6O2/c1-10-5-13(11(2)28-14-3-4-17(23)30-19(14)21(32)33)18-15(6-10)29-16(8-26)20(31-18)27-9-12-7-22(12,24)25/h3-6,11-12,28H,7,9H2,1-2H3,(H,27,31)(H,32,33). The number of aromatic carboxylic acids is 1. The minimum Gasteiger partial charge on any atom is -0.476 e. The van der Waals surface area contributed by atoms with Crippen LogP contribution in [0.2, 0.25) is 5.15 Å². The molecular formula is C22H19ClF2N6O2. The Morgan fingerprint density at radius 2 is 2.09 bits per heavy atom. The molecule has 3 N–H and O–H groups in total. The van der Waals surface area contributed by atoms with Crippen LogP contribution < -0.4 is 10.6 Å². The number of carboxylic acids is 1. The first-order chi connectivity index (χ1) is 15.6. The SMILES string of the molecule is Cc1cc(C(C)Nc2ccc(Cl)nc2C(=O)O)c2nc(NCC3CC3(F)F)c(C#N)nc2c1. The number of rotatable bonds is 7. The van der Waals surface area contributed by atoms with Gasteiger partial charge in [-0.05, 0) is 37.6 Å². The number of fused-ring (bicyclic) bond motifs is 1. The molecule has 0 spiro atoms. The molecule has 0 bridgehead atoms. The highest BCUT2D eigenvalue weighted by atomic mass is 35.5. The second-order valence-electron chi connectivity index (χ2n) is 8.00. The van der Waals surface area contributed by atoms with E-state index in [0.29, 0.717) is 16.6 Å². The maximum absolute atomic E-state index is 13.3. The number of alkyl halides is 2. The van der Waals surface area contributed by atoms with Crippen molar-refractivity contribution < 1.29 is 18.7 Å². The summed E-state index contributed by atoms with van der Waals surface area (Å²) in [6.45, 7) is 3.65. The fourth-order valence-corrected chi connectivity index (χ4v) is 3.75. The van der Waals surface area contributed by atoms with Crippen molar-refractivity contribution in [2.75, 3.05) is 17.2 Å². The van der Waals surface area contributed by atoms with E-state index in [1.54, 1.807) is 6.07 Å². The Morgan fingerprint density at radius 3 is 2.73 bits per heavy atom. The zero-order valence-corrected chi connectivity index (χ0v) is 18.4. The lowest BCUT2D eigenvalue weighted by Gasteiger charge is -2.19. The first-order valence-electron chi connectivity index (χ1n) is 10.1. The summed E-state index contributed by atoms with van der Waals surface area (Å²) in [5.74, 6) is -4.60. The predicted octanol–water partition coefficient (Wildman–Crippen LogP) is 4.80. The largest absolute Gasteiger partial charge is 0.476 e. The predicted molar refractivity (Wildman–Crippen MR) is 119 cm³/mol. The summed E-state index contributed by atoms with van der Waals surface area (Å²) in [4.78, 5) is 24.3. The highest BCUT2D eigenvalue weighted by Crippen LogP contribution is 2.48. The van der Waals surface area contributed by atoms with Crippen LogP contribution in [-0.4, -0.2) is 38.5 Å². The molecule has 8 nitrogen and oxygen atoms in total. The topological polar surface area (TPSA) is 124 Å². The van der Waals surface area contributed by atoms with Gasteiger partial charge in [-0.2, -0.15) is 5.26 Å². The van der Waals surface area contributed by atoms with Crippen LogP contribution >= 0.6 is 11.6 Å². The van der Waals surface area contributed by atoms with E-state index in [1.165, 1.54) is 12.1 Å². The van der Waals surface area contributed by atoms with Gasteiger partial charge in [0, 0.05) is 24.4 Å². The number of carbonyl (C=O) groups is 1. The number of anilines is 2. The molecule has 3 aromatic rings. The van der Waals surface area contributed by atoms with Gasteiger partial charge < -0.3 is 15.7 Å². The monoisotopic (exact) mass is 472 g/mol. The molecule has 11 heteroatoms. The Labute approximate surface area is 192 Å². The first-order valence-corrected chi connectivity index (χ1v) is 10.5. The summed E-state index contributed by atoms with van der Waals surface area (Å²) < 4.78 is 26.5. The van der Waals surface area contributed by atoms with Crippen molar-refractivity contribution in [2.45, 2.75) is 32.2 Å². The molecule has 0 radical (unpaired) electrons. The lowest BCUT2D eigenvalue weighted by atomic mass is 10.0. The van der Waals surface area contributed by atoms with Gasteiger partial charge in [0.1, 0.15) is 11.2 Å². The minimum absolute atomic E-state index is 0.0127. The van der Waals surface area contributed by atoms with Gasteiger partial charge in [0.15, 0.2) is 17.2 Å². The number of aryl methyl sites for hydroxylation is 1. The summed E-state index contributed by atoms with van der Waals surface area (Å²) >= 11 is 5.83. The molecule has 1 aliphatic rings. The summed E-state index contributed by atoms with van der Waals surface area (Å²) in [7, 11) is 0. The van der Waals surface area contributed by atoms with Crippen LogP contribution in [0.5, 0.6) is 0 Å². The van der Waals surface area contributed by atoms with Crippen molar-refractivity contribution in [2.24, 2.45) is 5.92 Å². The Morgan fingerprint density at radius 1 is 1.36 bits per heavy atom. The van der Waals surface area contributed by atoms with Crippen LogP contribution in [0.3, 0.4) is 0 Å². The van der Waals surface area contributed by atoms with E-state index >= 15 is 0 Å². The average molecular weight is 473 g/mol. The zero-order chi connectivity index (χ0) is 23.9. The number of carboxylic acid groups (broad SMARTS) is 1. The number of nitriles is 1. The van der Waals surface area contributed by atoms with E-state index < -0.39 is 23.9 Å². The molecule has 0 amide bonds. The Kier molecular flexibility index (Phi) is 5.76. The van der Waals surface area contributed by atoms with Crippen molar-refractivity contribution in [3.63, 3.8) is 0 Å². The number of benzene rings is 1. The van der Waals surface area contributed by atoms with Crippen LogP contribution in [0.1, 0.15) is 46.7 Å². The Balaban J connectivity index is 1.71. The van der Waals surface area contributed by atoms with Gasteiger partial charge in [0.2, 0.25) is 0 Å². The lowest BCUT2D eigenvalue weighted by molar-refractivity contribution is 0.0691. The third-order valence-electron chi connectivity index (χ3n) is 5.42. The van der Waals surface area contributed by atoms with E-state index in [0.717, 1.165) is 5.56 Å². The quantitative estimate of drug-likeness (QED) is 0.419. The van der Waals surface area contributed by atoms with Crippen LogP contribution in [0.15, 0.2) is 24.3 Å². The van der Waals surface area contributed by atoms with Gasteiger partial charge in [0.25, 0.3) is 5.92 Å². The molecule has 4 rings (SSSR count). The van der Waals surface area contributed by atoms with Crippen molar-refractivity contribution in [1.29, 1.82) is 5.26 Å². The van der Waals surface area contributed by atoms with E-state index in [9.17, 15) is 23.9 Å². The van der Waals surface area contributed by atoms with E-state index in [4.69, 9.17) is 11.6 Å². The Hall–Kier alpha value is -3.58. The fraction of sp³-hybridized carbons (Fsp3) is 0.318. The number of aromatic nitrogens is 3. The second kappa shape index (κ2) is 8.41. The summed E-state index contributed by atoms with van der Waals surface area (Å²) in [6.07, 6.45) is -0.199. The van der Waals surface area contributed by atoms with Gasteiger partial charge in [-0.25, -0.2) is 28.5 Å². The molecule has 2 unspecified atom stereocenters. The van der Waals surface area contributed by atoms with Crippen LogP contribution in [0.25, 0.3) is 11.0 Å². The molecular weight excluding hydrogens is 454 g/mol. The van der Waals surface area contributed by atoms with Crippen molar-refractivity contribution in [3.05, 3.63) is 51.9 Å². The zero-order valence-electron chi connectivity index (χ0n) is 17.7. The molecule has 0 aliphatic heterocycles. The number of nitrogens with one attached hydrogen (secondary N) is 2. The molecule has 2 atom stereocenters. The van der Waals surface area contributed by atoms with E-state index in [-0.39, 0.29) is 41.0 Å². The second-order valence-corrected chi connectivity index (χ2v) is 8.39. The molecule has 1 aliphatic carbocycles. The molecule has 170 valence electrons. The normalized spacial score (nSPS) is 17.3. The summed E-state index contributed by atoms with van der Waals surface area (Å²) in [5, 5.41) is 24.9. The highest BCUT2D eigenvalue weighted by Gasteiger charge is 2.56. The smallest absolute Gasteiger partial charge is 0.356 e. The maximum Gasteiger partial charge on any atom is 0.356 e. The van der Waals surface area contributed by atoms with E-state index in [2.05, 4.69) is 25.6 Å². The number of hydrogen-bond donors (Lipinski definition) is 3. The molecule has 1 fully saturated rings. The van der Waals surface area contributed by atoms with Gasteiger partial charge >= 0.3 is 5.97 Å². The number of pyridine rings is 1. The van der Waals surface area contributed by atoms with Crippen molar-refractivity contribution in [3.8, 4) is 6.07 Å². The van der Waals surface area contributed by atoms with Crippen molar-refractivity contribution in [1.82, 2.24) is 15.0 Å². The van der Waals surface area contributed by atoms with Crippen LogP contribution in [0, 0.1) is 24.2 Å². The lowest BCUT2D eigenvalue weighted by Crippen LogP contribution is -2.15. The molecule has 2 heterocycles. The Bertz CT molecular complexity index is 1310. The van der Waals surface area contributed by atoms with Crippen LogP contribution in [-0.2, 0) is 0 Å². The van der Waals surface area contributed by atoms with Crippen LogP contribution in [0.4, 0.5) is 20.3 Å². The maximum atomic E-state index is 13.3. The fourth-order valence-electron chi connectivity index (χ4n) is 3.60. The number of hydrogen-bond acceptors (Lipinski definition) is 7. The average Bonchev–Trinajstić information content (AvgIpc) is 3.38. The first kappa shape index (κ1) is 22.6. The third-order valence-corrected chi connectivity index (χ3v) is 5.63. The summed E-state index contributed by atoms with van der Waals surface area (Å²) in [5.41, 5.74) is 2.53. The molecule has 1 saturated carbocycles. The van der Waals surface area contributed by atoms with Gasteiger partial charge in [-0.1, -0.05) is 17.7 Å².